The third-order valence-corrected chi connectivity index (χ3v) is 6.74. The van der Waals surface area contributed by atoms with E-state index in [4.69, 9.17) is 28.4 Å². The number of fused-ring (bicyclic) bond motifs is 1. The summed E-state index contributed by atoms with van der Waals surface area (Å²) < 4.78 is 72.9. The highest BCUT2D eigenvalue weighted by atomic mass is 19.4. The number of amides is 1. The second-order valence-corrected chi connectivity index (χ2v) is 8.92. The van der Waals surface area contributed by atoms with Crippen LogP contribution in [-0.4, -0.2) is 59.5 Å². The number of ether oxygens (including phenoxy) is 6. The number of nitrogens with zero attached hydrogens (tertiary/aromatic N) is 1. The minimum absolute atomic E-state index is 0.0302. The summed E-state index contributed by atoms with van der Waals surface area (Å²) in [6.07, 6.45) is -4.01. The Kier molecular flexibility index (Phi) is 8.51. The van der Waals surface area contributed by atoms with Crippen LogP contribution in [0.1, 0.15) is 33.1 Å². The molecule has 0 fully saturated rings. The van der Waals surface area contributed by atoms with Crippen LogP contribution < -0.4 is 28.4 Å². The Hall–Kier alpha value is -4.28. The molecule has 8 nitrogen and oxygen atoms in total. The lowest BCUT2D eigenvalue weighted by molar-refractivity contribution is -0.137. The maximum Gasteiger partial charge on any atom is 0.416 e. The molecule has 1 atom stereocenters. The fraction of sp³-hybridized carbons (Fsp3) is 0.345. The van der Waals surface area contributed by atoms with Crippen molar-refractivity contribution < 1.29 is 46.4 Å². The molecule has 1 amide bonds. The molecule has 4 rings (SSSR count). The van der Waals surface area contributed by atoms with E-state index < -0.39 is 17.8 Å². The zero-order valence-corrected chi connectivity index (χ0v) is 22.8. The van der Waals surface area contributed by atoms with E-state index in [1.54, 1.807) is 23.1 Å². The van der Waals surface area contributed by atoms with Crippen molar-refractivity contribution in [3.63, 3.8) is 0 Å². The van der Waals surface area contributed by atoms with Gasteiger partial charge in [-0.05, 0) is 60.0 Å². The molecule has 214 valence electrons. The molecule has 0 spiro atoms. The second kappa shape index (κ2) is 11.8. The zero-order valence-electron chi connectivity index (χ0n) is 22.8. The highest BCUT2D eigenvalue weighted by Crippen LogP contribution is 2.42. The Morgan fingerprint density at radius 1 is 0.850 bits per heavy atom. The van der Waals surface area contributed by atoms with Crippen LogP contribution >= 0.6 is 0 Å². The molecule has 0 saturated heterocycles. The summed E-state index contributed by atoms with van der Waals surface area (Å²) in [6.45, 7) is 0.203. The van der Waals surface area contributed by atoms with Gasteiger partial charge in [-0.25, -0.2) is 0 Å². The molecular formula is C29H30F3NO7. The highest BCUT2D eigenvalue weighted by molar-refractivity contribution is 5.96. The third-order valence-electron chi connectivity index (χ3n) is 6.74. The molecular weight excluding hydrogens is 531 g/mol. The molecule has 3 aromatic rings. The van der Waals surface area contributed by atoms with E-state index in [9.17, 15) is 18.0 Å². The Morgan fingerprint density at radius 3 is 2.05 bits per heavy atom. The van der Waals surface area contributed by atoms with E-state index in [0.717, 1.165) is 23.3 Å². The molecule has 0 aromatic heterocycles. The van der Waals surface area contributed by atoms with Crippen molar-refractivity contribution in [3.8, 4) is 34.5 Å². The summed E-state index contributed by atoms with van der Waals surface area (Å²) in [4.78, 5) is 15.6. The van der Waals surface area contributed by atoms with Crippen LogP contribution in [0, 0.1) is 0 Å². The highest BCUT2D eigenvalue weighted by Gasteiger charge is 2.35. The summed E-state index contributed by atoms with van der Waals surface area (Å²) in [7, 11) is 7.40. The van der Waals surface area contributed by atoms with Gasteiger partial charge in [-0.1, -0.05) is 6.07 Å². The summed E-state index contributed by atoms with van der Waals surface area (Å²) in [5.41, 5.74) is 1.09. The molecule has 40 heavy (non-hydrogen) atoms. The minimum atomic E-state index is -4.52. The number of methoxy groups -OCH3 is 5. The first-order valence-corrected chi connectivity index (χ1v) is 12.3. The van der Waals surface area contributed by atoms with Crippen molar-refractivity contribution >= 4 is 5.91 Å². The zero-order chi connectivity index (χ0) is 29.0. The van der Waals surface area contributed by atoms with Crippen molar-refractivity contribution in [2.45, 2.75) is 18.6 Å². The van der Waals surface area contributed by atoms with E-state index in [2.05, 4.69) is 0 Å². The van der Waals surface area contributed by atoms with Gasteiger partial charge in [-0.3, -0.25) is 4.79 Å². The van der Waals surface area contributed by atoms with E-state index in [1.807, 2.05) is 6.07 Å². The van der Waals surface area contributed by atoms with E-state index in [-0.39, 0.29) is 23.8 Å². The fourth-order valence-corrected chi connectivity index (χ4v) is 4.76. The van der Waals surface area contributed by atoms with E-state index in [1.165, 1.54) is 47.7 Å². The summed E-state index contributed by atoms with van der Waals surface area (Å²) in [5.74, 6) is 1.62. The predicted molar refractivity (Wildman–Crippen MR) is 140 cm³/mol. The SMILES string of the molecule is COc1cc2c(cc1OC)C(COc1cccc(C(F)(F)F)c1)N(C(=O)c1cc(OC)c(OC)c(OC)c1)CC2. The quantitative estimate of drug-likeness (QED) is 0.338. The molecule has 11 heteroatoms. The van der Waals surface area contributed by atoms with Gasteiger partial charge < -0.3 is 33.3 Å². The van der Waals surface area contributed by atoms with Crippen LogP contribution in [0.4, 0.5) is 13.2 Å². The van der Waals surface area contributed by atoms with Crippen molar-refractivity contribution in [2.24, 2.45) is 0 Å². The smallest absolute Gasteiger partial charge is 0.416 e. The number of alkyl halides is 3. The number of benzene rings is 3. The van der Waals surface area contributed by atoms with Crippen LogP contribution in [-0.2, 0) is 12.6 Å². The number of rotatable bonds is 9. The van der Waals surface area contributed by atoms with Crippen molar-refractivity contribution in [3.05, 3.63) is 70.8 Å². The van der Waals surface area contributed by atoms with Crippen LogP contribution in [0.2, 0.25) is 0 Å². The molecule has 1 heterocycles. The predicted octanol–water partition coefficient (Wildman–Crippen LogP) is 5.57. The largest absolute Gasteiger partial charge is 0.493 e. The van der Waals surface area contributed by atoms with Crippen LogP contribution in [0.15, 0.2) is 48.5 Å². The standard InChI is InChI=1S/C29H30F3NO7/c1-35-23-11-17-9-10-33(28(34)18-12-25(37-3)27(39-5)26(13-18)38-4)22(21(17)15-24(23)36-2)16-40-20-8-6-7-19(14-20)29(30,31)32/h6-8,11-15,22H,9-10,16H2,1-5H3. The number of carbonyl (C=O) groups excluding carboxylic acids is 1. The molecule has 0 bridgehead atoms. The second-order valence-electron chi connectivity index (χ2n) is 8.92. The lowest BCUT2D eigenvalue weighted by Crippen LogP contribution is -2.42. The number of hydrogen-bond donors (Lipinski definition) is 0. The first-order chi connectivity index (χ1) is 19.1. The Labute approximate surface area is 230 Å². The first kappa shape index (κ1) is 28.7. The first-order valence-electron chi connectivity index (χ1n) is 12.3. The lowest BCUT2D eigenvalue weighted by Gasteiger charge is -2.38. The third kappa shape index (κ3) is 5.68. The van der Waals surface area contributed by atoms with Gasteiger partial charge in [-0.2, -0.15) is 13.2 Å². The van der Waals surface area contributed by atoms with Crippen LogP contribution in [0.25, 0.3) is 0 Å². The summed E-state index contributed by atoms with van der Waals surface area (Å²) in [6, 6.07) is 10.7. The lowest BCUT2D eigenvalue weighted by atomic mass is 9.91. The van der Waals surface area contributed by atoms with Crippen molar-refractivity contribution in [2.75, 3.05) is 48.7 Å². The number of halogens is 3. The Morgan fingerprint density at radius 2 is 1.48 bits per heavy atom. The van der Waals surface area contributed by atoms with Gasteiger partial charge in [-0.15, -0.1) is 0 Å². The van der Waals surface area contributed by atoms with Gasteiger partial charge in [0.1, 0.15) is 12.4 Å². The summed E-state index contributed by atoms with van der Waals surface area (Å²) in [5, 5.41) is 0. The maximum atomic E-state index is 13.9. The van der Waals surface area contributed by atoms with Gasteiger partial charge in [0, 0.05) is 12.1 Å². The Balaban J connectivity index is 1.75. The van der Waals surface area contributed by atoms with Crippen LogP contribution in [0.5, 0.6) is 34.5 Å². The van der Waals surface area contributed by atoms with E-state index >= 15 is 0 Å². The molecule has 0 saturated carbocycles. The maximum absolute atomic E-state index is 13.9. The normalized spacial score (nSPS) is 14.7. The van der Waals surface area contributed by atoms with Gasteiger partial charge in [0.2, 0.25) is 5.75 Å². The molecule has 1 aliphatic heterocycles. The monoisotopic (exact) mass is 561 g/mol. The van der Waals surface area contributed by atoms with Gasteiger partial charge in [0.05, 0.1) is 47.2 Å². The summed E-state index contributed by atoms with van der Waals surface area (Å²) >= 11 is 0. The Bertz CT molecular complexity index is 1350. The van der Waals surface area contributed by atoms with Crippen molar-refractivity contribution in [1.29, 1.82) is 0 Å². The van der Waals surface area contributed by atoms with Gasteiger partial charge in [0.25, 0.3) is 5.91 Å². The number of hydrogen-bond acceptors (Lipinski definition) is 7. The van der Waals surface area contributed by atoms with Gasteiger partial charge in [0.15, 0.2) is 23.0 Å². The van der Waals surface area contributed by atoms with E-state index in [0.29, 0.717) is 41.7 Å². The molecule has 3 aromatic carbocycles. The molecule has 1 unspecified atom stereocenters. The molecule has 0 aliphatic carbocycles. The van der Waals surface area contributed by atoms with Crippen molar-refractivity contribution in [1.82, 2.24) is 4.90 Å². The minimum Gasteiger partial charge on any atom is -0.493 e. The number of carbonyl (C=O) groups is 1. The molecule has 0 radical (unpaired) electrons. The fourth-order valence-electron chi connectivity index (χ4n) is 4.76. The van der Waals surface area contributed by atoms with Crippen LogP contribution in [0.3, 0.4) is 0 Å². The average Bonchev–Trinajstić information content (AvgIpc) is 2.97. The average molecular weight is 562 g/mol. The van der Waals surface area contributed by atoms with Gasteiger partial charge >= 0.3 is 6.18 Å². The molecule has 0 N–H and O–H groups in total. The topological polar surface area (TPSA) is 75.7 Å². The molecule has 1 aliphatic rings.